The number of halogens is 1. The van der Waals surface area contributed by atoms with Gasteiger partial charge in [0.1, 0.15) is 12.1 Å². The van der Waals surface area contributed by atoms with Crippen LogP contribution in [0, 0.1) is 5.82 Å². The molecule has 1 N–H and O–H groups in total. The van der Waals surface area contributed by atoms with E-state index in [-0.39, 0.29) is 5.82 Å². The molecular formula is C13H11FN6. The van der Waals surface area contributed by atoms with Crippen LogP contribution >= 0.6 is 0 Å². The molecule has 0 aliphatic carbocycles. The van der Waals surface area contributed by atoms with E-state index >= 15 is 0 Å². The van der Waals surface area contributed by atoms with E-state index in [0.29, 0.717) is 17.9 Å². The van der Waals surface area contributed by atoms with Gasteiger partial charge >= 0.3 is 0 Å². The molecule has 0 atom stereocenters. The number of anilines is 1. The fraction of sp³-hybridized carbons (Fsp3) is 0.0769. The van der Waals surface area contributed by atoms with Crippen LogP contribution in [0.5, 0.6) is 0 Å². The van der Waals surface area contributed by atoms with Gasteiger partial charge in [0, 0.05) is 18.9 Å². The quantitative estimate of drug-likeness (QED) is 0.783. The fourth-order valence-electron chi connectivity index (χ4n) is 1.77. The van der Waals surface area contributed by atoms with Gasteiger partial charge in [-0.25, -0.2) is 9.07 Å². The Balaban J connectivity index is 1.80. The predicted octanol–water partition coefficient (Wildman–Crippen LogP) is 1.81. The Morgan fingerprint density at radius 1 is 1.25 bits per heavy atom. The minimum absolute atomic E-state index is 0.328. The molecule has 20 heavy (non-hydrogen) atoms. The number of aromatic nitrogens is 5. The van der Waals surface area contributed by atoms with Crippen LogP contribution in [0.4, 0.5) is 10.1 Å². The first-order chi connectivity index (χ1) is 9.83. The number of nitrogens with one attached hydrogen (secondary N) is 1. The average molecular weight is 270 g/mol. The lowest BCUT2D eigenvalue weighted by Crippen LogP contribution is -2.03. The molecule has 6 nitrogen and oxygen atoms in total. The summed E-state index contributed by atoms with van der Waals surface area (Å²) in [6.07, 6.45) is 4.89. The highest BCUT2D eigenvalue weighted by molar-refractivity contribution is 5.52. The fourth-order valence-corrected chi connectivity index (χ4v) is 1.77. The number of nitrogens with zero attached hydrogens (tertiary/aromatic N) is 5. The molecule has 0 unspecified atom stereocenters. The van der Waals surface area contributed by atoms with Crippen LogP contribution in [0.1, 0.15) is 5.56 Å². The molecule has 3 aromatic rings. The molecule has 100 valence electrons. The molecular weight excluding hydrogens is 259 g/mol. The van der Waals surface area contributed by atoms with Crippen molar-refractivity contribution >= 4 is 5.69 Å². The highest BCUT2D eigenvalue weighted by Gasteiger charge is 2.05. The normalized spacial score (nSPS) is 10.4. The first-order valence-electron chi connectivity index (χ1n) is 5.98. The second-order valence-corrected chi connectivity index (χ2v) is 4.13. The van der Waals surface area contributed by atoms with Gasteiger partial charge in [-0.2, -0.15) is 0 Å². The molecule has 0 saturated carbocycles. The van der Waals surface area contributed by atoms with Gasteiger partial charge in [0.25, 0.3) is 0 Å². The van der Waals surface area contributed by atoms with Crippen molar-refractivity contribution in [2.24, 2.45) is 0 Å². The van der Waals surface area contributed by atoms with E-state index in [0.717, 1.165) is 5.56 Å². The third-order valence-electron chi connectivity index (χ3n) is 2.77. The van der Waals surface area contributed by atoms with Crippen molar-refractivity contribution < 1.29 is 4.39 Å². The zero-order valence-electron chi connectivity index (χ0n) is 10.4. The van der Waals surface area contributed by atoms with Gasteiger partial charge < -0.3 is 5.32 Å². The summed E-state index contributed by atoms with van der Waals surface area (Å²) in [5.74, 6) is -0.328. The third-order valence-corrected chi connectivity index (χ3v) is 2.77. The monoisotopic (exact) mass is 270 g/mol. The van der Waals surface area contributed by atoms with Crippen LogP contribution in [0.15, 0.2) is 49.1 Å². The van der Waals surface area contributed by atoms with E-state index in [4.69, 9.17) is 0 Å². The van der Waals surface area contributed by atoms with E-state index in [1.165, 1.54) is 17.1 Å². The summed E-state index contributed by atoms with van der Waals surface area (Å²) < 4.78 is 15.2. The second-order valence-electron chi connectivity index (χ2n) is 4.13. The Hall–Kier alpha value is -2.83. The summed E-state index contributed by atoms with van der Waals surface area (Å²) in [6.45, 7) is 0.490. The minimum Gasteiger partial charge on any atom is -0.378 e. The standard InChI is InChI=1S/C13H11FN6/c14-12-4-3-11(20-9-17-18-19-20)6-13(12)16-8-10-2-1-5-15-7-10/h1-7,9,16H,8H2. The van der Waals surface area contributed by atoms with E-state index in [1.54, 1.807) is 24.5 Å². The van der Waals surface area contributed by atoms with Crippen LogP contribution in [-0.4, -0.2) is 25.2 Å². The lowest BCUT2D eigenvalue weighted by atomic mass is 10.2. The van der Waals surface area contributed by atoms with Gasteiger partial charge in [-0.1, -0.05) is 6.07 Å². The summed E-state index contributed by atoms with van der Waals surface area (Å²) in [5, 5.41) is 13.9. The molecule has 0 saturated heterocycles. The summed E-state index contributed by atoms with van der Waals surface area (Å²) in [6, 6.07) is 8.40. The number of tetrazole rings is 1. The van der Waals surface area contributed by atoms with E-state index in [9.17, 15) is 4.39 Å². The molecule has 1 aromatic carbocycles. The van der Waals surface area contributed by atoms with Crippen LogP contribution < -0.4 is 5.32 Å². The minimum atomic E-state index is -0.328. The Morgan fingerprint density at radius 2 is 2.20 bits per heavy atom. The number of benzene rings is 1. The molecule has 3 rings (SSSR count). The number of pyridine rings is 1. The molecule has 0 fully saturated rings. The highest BCUT2D eigenvalue weighted by Crippen LogP contribution is 2.18. The topological polar surface area (TPSA) is 68.5 Å². The largest absolute Gasteiger partial charge is 0.378 e. The number of hydrogen-bond acceptors (Lipinski definition) is 5. The zero-order valence-corrected chi connectivity index (χ0v) is 10.4. The van der Waals surface area contributed by atoms with Crippen LogP contribution in [0.25, 0.3) is 5.69 Å². The van der Waals surface area contributed by atoms with E-state index in [2.05, 4.69) is 25.8 Å². The van der Waals surface area contributed by atoms with Gasteiger partial charge in [-0.15, -0.1) is 5.10 Å². The van der Waals surface area contributed by atoms with Crippen molar-refractivity contribution in [2.75, 3.05) is 5.32 Å². The average Bonchev–Trinajstić information content (AvgIpc) is 3.02. The Labute approximate surface area is 114 Å². The maximum Gasteiger partial charge on any atom is 0.146 e. The molecule has 0 bridgehead atoms. The summed E-state index contributed by atoms with van der Waals surface area (Å²) in [4.78, 5) is 4.01. The van der Waals surface area contributed by atoms with Gasteiger partial charge in [0.05, 0.1) is 11.4 Å². The first kappa shape index (κ1) is 12.2. The van der Waals surface area contributed by atoms with Crippen molar-refractivity contribution in [3.8, 4) is 5.69 Å². The first-order valence-corrected chi connectivity index (χ1v) is 5.98. The Bertz CT molecular complexity index is 683. The smallest absolute Gasteiger partial charge is 0.146 e. The molecule has 2 heterocycles. The van der Waals surface area contributed by atoms with Crippen molar-refractivity contribution in [1.82, 2.24) is 25.2 Å². The maximum absolute atomic E-state index is 13.8. The third kappa shape index (κ3) is 2.61. The van der Waals surface area contributed by atoms with Gasteiger partial charge in [0.2, 0.25) is 0 Å². The molecule has 0 aliphatic rings. The van der Waals surface area contributed by atoms with Crippen LogP contribution in [-0.2, 0) is 6.54 Å². The number of hydrogen-bond donors (Lipinski definition) is 1. The Kier molecular flexibility index (Phi) is 3.32. The molecule has 7 heteroatoms. The van der Waals surface area contributed by atoms with Crippen LogP contribution in [0.3, 0.4) is 0 Å². The molecule has 0 spiro atoms. The lowest BCUT2D eigenvalue weighted by molar-refractivity contribution is 0.629. The van der Waals surface area contributed by atoms with Crippen molar-refractivity contribution in [2.45, 2.75) is 6.54 Å². The van der Waals surface area contributed by atoms with Crippen molar-refractivity contribution in [3.63, 3.8) is 0 Å². The van der Waals surface area contributed by atoms with Crippen LogP contribution in [0.2, 0.25) is 0 Å². The molecule has 0 amide bonds. The number of rotatable bonds is 4. The van der Waals surface area contributed by atoms with Gasteiger partial charge in [-0.3, -0.25) is 4.98 Å². The molecule has 0 radical (unpaired) electrons. The summed E-state index contributed by atoms with van der Waals surface area (Å²) >= 11 is 0. The highest BCUT2D eigenvalue weighted by atomic mass is 19.1. The van der Waals surface area contributed by atoms with E-state index in [1.807, 2.05) is 12.1 Å². The second kappa shape index (κ2) is 5.43. The SMILES string of the molecule is Fc1ccc(-n2cnnn2)cc1NCc1cccnc1. The zero-order chi connectivity index (χ0) is 13.8. The Morgan fingerprint density at radius 3 is 2.95 bits per heavy atom. The maximum atomic E-state index is 13.8. The van der Waals surface area contributed by atoms with E-state index < -0.39 is 0 Å². The summed E-state index contributed by atoms with van der Waals surface area (Å²) in [5.41, 5.74) is 2.05. The van der Waals surface area contributed by atoms with Crippen molar-refractivity contribution in [3.05, 3.63) is 60.4 Å². The summed E-state index contributed by atoms with van der Waals surface area (Å²) in [7, 11) is 0. The molecule has 0 aliphatic heterocycles. The van der Waals surface area contributed by atoms with Crippen molar-refractivity contribution in [1.29, 1.82) is 0 Å². The molecule has 2 aromatic heterocycles. The van der Waals surface area contributed by atoms with Gasteiger partial charge in [-0.05, 0) is 40.3 Å². The predicted molar refractivity (Wildman–Crippen MR) is 70.7 cm³/mol. The van der Waals surface area contributed by atoms with Gasteiger partial charge in [0.15, 0.2) is 0 Å². The lowest BCUT2D eigenvalue weighted by Gasteiger charge is -2.09.